The first kappa shape index (κ1) is 15.1. The Morgan fingerprint density at radius 1 is 1.12 bits per heavy atom. The molecule has 4 rings (SSSR count). The van der Waals surface area contributed by atoms with Gasteiger partial charge in [-0.25, -0.2) is 0 Å². The molecule has 3 aromatic heterocycles. The highest BCUT2D eigenvalue weighted by Crippen LogP contribution is 2.19. The van der Waals surface area contributed by atoms with Crippen molar-refractivity contribution < 1.29 is 9.21 Å². The molecule has 0 aliphatic carbocycles. The molecule has 0 radical (unpaired) electrons. The first-order chi connectivity index (χ1) is 12.3. The van der Waals surface area contributed by atoms with Gasteiger partial charge < -0.3 is 9.73 Å². The van der Waals surface area contributed by atoms with E-state index in [-0.39, 0.29) is 11.7 Å². The minimum atomic E-state index is -0.314. The predicted molar refractivity (Wildman–Crippen MR) is 94.3 cm³/mol. The fourth-order valence-electron chi connectivity index (χ4n) is 2.60. The van der Waals surface area contributed by atoms with Gasteiger partial charge in [0.05, 0.1) is 0 Å². The topological polar surface area (TPSA) is 73.0 Å². The lowest BCUT2D eigenvalue weighted by atomic mass is 10.2. The molecule has 0 aliphatic rings. The van der Waals surface area contributed by atoms with E-state index in [0.29, 0.717) is 17.9 Å². The van der Waals surface area contributed by atoms with Crippen LogP contribution in [0.3, 0.4) is 0 Å². The minimum absolute atomic E-state index is 0.268. The van der Waals surface area contributed by atoms with Gasteiger partial charge in [-0.05, 0) is 24.3 Å². The zero-order valence-electron chi connectivity index (χ0n) is 13.4. The van der Waals surface area contributed by atoms with Crippen LogP contribution in [0.15, 0.2) is 71.4 Å². The molecular weight excluding hydrogens is 316 g/mol. The van der Waals surface area contributed by atoms with Gasteiger partial charge in [0.25, 0.3) is 5.91 Å². The highest BCUT2D eigenvalue weighted by molar-refractivity contribution is 6.04. The maximum atomic E-state index is 12.3. The Balaban J connectivity index is 1.41. The number of hydrogen-bond donors (Lipinski definition) is 1. The van der Waals surface area contributed by atoms with E-state index in [0.717, 1.165) is 17.5 Å². The largest absolute Gasteiger partial charge is 0.451 e. The molecule has 0 saturated heterocycles. The first-order valence-corrected chi connectivity index (χ1v) is 8.01. The summed E-state index contributed by atoms with van der Waals surface area (Å²) in [6, 6.07) is 16.8. The van der Waals surface area contributed by atoms with Gasteiger partial charge in [-0.3, -0.25) is 14.5 Å². The third-order valence-electron chi connectivity index (χ3n) is 3.85. The van der Waals surface area contributed by atoms with Gasteiger partial charge in [0.1, 0.15) is 5.58 Å². The van der Waals surface area contributed by atoms with E-state index in [1.807, 2.05) is 48.7 Å². The van der Waals surface area contributed by atoms with Gasteiger partial charge in [-0.15, -0.1) is 0 Å². The van der Waals surface area contributed by atoms with Crippen LogP contribution in [0.5, 0.6) is 0 Å². The number of nitrogens with one attached hydrogen (secondary N) is 1. The summed E-state index contributed by atoms with van der Waals surface area (Å²) < 4.78 is 7.34. The lowest BCUT2D eigenvalue weighted by molar-refractivity contribution is 0.0998. The average molecular weight is 332 g/mol. The first-order valence-electron chi connectivity index (χ1n) is 8.01. The summed E-state index contributed by atoms with van der Waals surface area (Å²) in [5.41, 5.74) is 1.69. The Bertz CT molecular complexity index is 971. The summed E-state index contributed by atoms with van der Waals surface area (Å²) in [6.07, 6.45) is 4.38. The molecule has 0 spiro atoms. The van der Waals surface area contributed by atoms with E-state index in [1.165, 1.54) is 0 Å². The number of aryl methyl sites for hydroxylation is 2. The van der Waals surface area contributed by atoms with Crippen molar-refractivity contribution in [2.75, 3.05) is 5.32 Å². The van der Waals surface area contributed by atoms with Crippen LogP contribution in [0.1, 0.15) is 16.2 Å². The molecule has 4 aromatic rings. The van der Waals surface area contributed by atoms with E-state index >= 15 is 0 Å². The SMILES string of the molecule is O=C(Nc1ccn(CCc2ccccn2)n1)c1cc2ccccc2o1. The normalized spacial score (nSPS) is 10.9. The quantitative estimate of drug-likeness (QED) is 0.607. The Morgan fingerprint density at radius 2 is 2.00 bits per heavy atom. The number of anilines is 1. The van der Waals surface area contributed by atoms with Crippen LogP contribution >= 0.6 is 0 Å². The van der Waals surface area contributed by atoms with Crippen molar-refractivity contribution in [1.82, 2.24) is 14.8 Å². The molecule has 3 heterocycles. The van der Waals surface area contributed by atoms with E-state index in [4.69, 9.17) is 4.42 Å². The lowest BCUT2D eigenvalue weighted by Gasteiger charge is -2.01. The van der Waals surface area contributed by atoms with E-state index in [1.54, 1.807) is 23.0 Å². The van der Waals surface area contributed by atoms with Crippen molar-refractivity contribution in [2.24, 2.45) is 0 Å². The number of aromatic nitrogens is 3. The molecule has 1 N–H and O–H groups in total. The Labute approximate surface area is 144 Å². The molecule has 0 saturated carbocycles. The molecule has 0 aliphatic heterocycles. The number of carbonyl (C=O) groups excluding carboxylic acids is 1. The zero-order valence-corrected chi connectivity index (χ0v) is 13.4. The highest BCUT2D eigenvalue weighted by atomic mass is 16.3. The molecule has 25 heavy (non-hydrogen) atoms. The second-order valence-electron chi connectivity index (χ2n) is 5.64. The average Bonchev–Trinajstić information content (AvgIpc) is 3.27. The number of pyridine rings is 1. The molecule has 6 heteroatoms. The monoisotopic (exact) mass is 332 g/mol. The van der Waals surface area contributed by atoms with Gasteiger partial charge in [0.2, 0.25) is 0 Å². The Hall–Kier alpha value is -3.41. The second kappa shape index (κ2) is 6.60. The summed E-state index contributed by atoms with van der Waals surface area (Å²) >= 11 is 0. The summed E-state index contributed by atoms with van der Waals surface area (Å²) in [5, 5.41) is 8.01. The highest BCUT2D eigenvalue weighted by Gasteiger charge is 2.13. The summed E-state index contributed by atoms with van der Waals surface area (Å²) in [5.74, 6) is 0.446. The van der Waals surface area contributed by atoms with E-state index in [9.17, 15) is 4.79 Å². The standard InChI is InChI=1S/C19H16N4O2/c24-19(17-13-14-5-1-2-7-16(14)25-17)21-18-9-12-23(22-18)11-8-15-6-3-4-10-20-15/h1-7,9-10,12-13H,8,11H2,(H,21,22,24). The smallest absolute Gasteiger partial charge is 0.292 e. The van der Waals surface area contributed by atoms with Gasteiger partial charge in [-0.1, -0.05) is 24.3 Å². The van der Waals surface area contributed by atoms with Crippen molar-refractivity contribution in [3.63, 3.8) is 0 Å². The fourth-order valence-corrected chi connectivity index (χ4v) is 2.60. The summed E-state index contributed by atoms with van der Waals surface area (Å²) in [6.45, 7) is 0.692. The van der Waals surface area contributed by atoms with Crippen LogP contribution in [0.4, 0.5) is 5.82 Å². The number of furan rings is 1. The number of benzene rings is 1. The van der Waals surface area contributed by atoms with Crippen LogP contribution in [0.25, 0.3) is 11.0 Å². The van der Waals surface area contributed by atoms with Crippen LogP contribution in [-0.4, -0.2) is 20.7 Å². The zero-order chi connectivity index (χ0) is 17.1. The molecule has 6 nitrogen and oxygen atoms in total. The molecule has 0 unspecified atom stereocenters. The number of para-hydroxylation sites is 1. The van der Waals surface area contributed by atoms with Crippen LogP contribution in [0, 0.1) is 0 Å². The van der Waals surface area contributed by atoms with E-state index < -0.39 is 0 Å². The van der Waals surface area contributed by atoms with Crippen LogP contribution in [0.2, 0.25) is 0 Å². The summed E-state index contributed by atoms with van der Waals surface area (Å²) in [7, 11) is 0. The fraction of sp³-hybridized carbons (Fsp3) is 0.105. The number of rotatable bonds is 5. The number of nitrogens with zero attached hydrogens (tertiary/aromatic N) is 3. The Kier molecular flexibility index (Phi) is 4.00. The maximum Gasteiger partial charge on any atom is 0.292 e. The third-order valence-corrected chi connectivity index (χ3v) is 3.85. The van der Waals surface area contributed by atoms with E-state index in [2.05, 4.69) is 15.4 Å². The number of fused-ring (bicyclic) bond motifs is 1. The molecule has 1 amide bonds. The molecule has 0 fully saturated rings. The number of carbonyl (C=O) groups is 1. The van der Waals surface area contributed by atoms with Gasteiger partial charge in [0, 0.05) is 42.5 Å². The molecular formula is C19H16N4O2. The molecule has 0 bridgehead atoms. The Morgan fingerprint density at radius 3 is 2.84 bits per heavy atom. The third kappa shape index (κ3) is 3.42. The van der Waals surface area contributed by atoms with Crippen LogP contribution in [-0.2, 0) is 13.0 Å². The maximum absolute atomic E-state index is 12.3. The van der Waals surface area contributed by atoms with Crippen LogP contribution < -0.4 is 5.32 Å². The molecule has 0 atom stereocenters. The molecule has 124 valence electrons. The minimum Gasteiger partial charge on any atom is -0.451 e. The lowest BCUT2D eigenvalue weighted by Crippen LogP contribution is -2.12. The van der Waals surface area contributed by atoms with Gasteiger partial charge in [-0.2, -0.15) is 5.10 Å². The van der Waals surface area contributed by atoms with Crippen molar-refractivity contribution in [3.05, 3.63) is 78.4 Å². The van der Waals surface area contributed by atoms with Crippen molar-refractivity contribution in [1.29, 1.82) is 0 Å². The summed E-state index contributed by atoms with van der Waals surface area (Å²) in [4.78, 5) is 16.6. The number of hydrogen-bond acceptors (Lipinski definition) is 4. The van der Waals surface area contributed by atoms with Crippen molar-refractivity contribution in [3.8, 4) is 0 Å². The van der Waals surface area contributed by atoms with Crippen molar-refractivity contribution >= 4 is 22.7 Å². The predicted octanol–water partition coefficient (Wildman–Crippen LogP) is 3.52. The number of amides is 1. The second-order valence-corrected chi connectivity index (χ2v) is 5.64. The van der Waals surface area contributed by atoms with Crippen molar-refractivity contribution in [2.45, 2.75) is 13.0 Å². The molecule has 1 aromatic carbocycles. The van der Waals surface area contributed by atoms with Gasteiger partial charge >= 0.3 is 0 Å². The van der Waals surface area contributed by atoms with Gasteiger partial charge in [0.15, 0.2) is 11.6 Å².